The fourth-order valence-corrected chi connectivity index (χ4v) is 2.95. The van der Waals surface area contributed by atoms with Crippen LogP contribution in [0.1, 0.15) is 53.7 Å². The van der Waals surface area contributed by atoms with Gasteiger partial charge < -0.3 is 14.6 Å². The largest absolute Gasteiger partial charge is 0.496 e. The summed E-state index contributed by atoms with van der Waals surface area (Å²) in [6, 6.07) is 4.87. The molecule has 1 saturated carbocycles. The Labute approximate surface area is 139 Å². The normalized spacial score (nSPS) is 14.9. The van der Waals surface area contributed by atoms with Crippen LogP contribution in [0, 0.1) is 0 Å². The lowest BCUT2D eigenvalue weighted by molar-refractivity contribution is 0.0946. The molecule has 0 unspecified atom stereocenters. The fraction of sp³-hybridized carbons (Fsp3) is 0.438. The first-order chi connectivity index (χ1) is 11.2. The van der Waals surface area contributed by atoms with E-state index in [0.717, 1.165) is 12.8 Å². The second-order valence-electron chi connectivity index (χ2n) is 5.56. The van der Waals surface area contributed by atoms with Crippen LogP contribution in [0.15, 0.2) is 22.7 Å². The highest BCUT2D eigenvalue weighted by molar-refractivity contribution is 6.30. The van der Waals surface area contributed by atoms with Gasteiger partial charge in [0.05, 0.1) is 19.2 Å². The van der Waals surface area contributed by atoms with Crippen molar-refractivity contribution in [1.29, 1.82) is 0 Å². The Kier molecular flexibility index (Phi) is 4.81. The van der Waals surface area contributed by atoms with E-state index in [1.807, 2.05) is 0 Å². The third-order valence-corrected chi connectivity index (χ3v) is 4.24. The van der Waals surface area contributed by atoms with E-state index >= 15 is 0 Å². The Morgan fingerprint density at radius 2 is 2.22 bits per heavy atom. The first-order valence-electron chi connectivity index (χ1n) is 7.61. The van der Waals surface area contributed by atoms with Crippen molar-refractivity contribution >= 4 is 17.5 Å². The van der Waals surface area contributed by atoms with Crippen LogP contribution in [-0.4, -0.2) is 23.2 Å². The summed E-state index contributed by atoms with van der Waals surface area (Å²) >= 11 is 5.89. The molecule has 0 aliphatic heterocycles. The van der Waals surface area contributed by atoms with Crippen LogP contribution in [0.25, 0.3) is 0 Å². The van der Waals surface area contributed by atoms with E-state index in [2.05, 4.69) is 15.5 Å². The maximum Gasteiger partial charge on any atom is 0.255 e. The smallest absolute Gasteiger partial charge is 0.255 e. The zero-order chi connectivity index (χ0) is 16.2. The molecule has 1 N–H and O–H groups in total. The lowest BCUT2D eigenvalue weighted by atomic mass is 10.1. The van der Waals surface area contributed by atoms with Crippen molar-refractivity contribution in [2.45, 2.75) is 38.1 Å². The van der Waals surface area contributed by atoms with Crippen molar-refractivity contribution < 1.29 is 14.1 Å². The molecular weight excluding hydrogens is 318 g/mol. The molecule has 1 fully saturated rings. The van der Waals surface area contributed by atoms with Crippen molar-refractivity contribution in [3.63, 3.8) is 0 Å². The summed E-state index contributed by atoms with van der Waals surface area (Å²) in [5, 5.41) is 7.21. The van der Waals surface area contributed by atoms with Crippen LogP contribution in [-0.2, 0) is 6.54 Å². The summed E-state index contributed by atoms with van der Waals surface area (Å²) < 4.78 is 10.5. The van der Waals surface area contributed by atoms with Crippen LogP contribution in [0.3, 0.4) is 0 Å². The van der Waals surface area contributed by atoms with Gasteiger partial charge in [-0.25, -0.2) is 0 Å². The predicted molar refractivity (Wildman–Crippen MR) is 84.7 cm³/mol. The van der Waals surface area contributed by atoms with Crippen LogP contribution in [0.4, 0.5) is 0 Å². The number of benzene rings is 1. The van der Waals surface area contributed by atoms with Crippen molar-refractivity contribution in [3.05, 3.63) is 40.5 Å². The molecule has 0 atom stereocenters. The molecule has 0 radical (unpaired) electrons. The summed E-state index contributed by atoms with van der Waals surface area (Å²) in [5.41, 5.74) is 0.413. The highest BCUT2D eigenvalue weighted by Gasteiger charge is 2.23. The number of nitrogens with one attached hydrogen (secondary N) is 1. The van der Waals surface area contributed by atoms with Gasteiger partial charge in [0, 0.05) is 10.9 Å². The molecule has 2 aromatic rings. The number of amides is 1. The first-order valence-corrected chi connectivity index (χ1v) is 7.99. The molecule has 122 valence electrons. The van der Waals surface area contributed by atoms with Gasteiger partial charge in [0.15, 0.2) is 5.82 Å². The van der Waals surface area contributed by atoms with Gasteiger partial charge in [0.2, 0.25) is 5.89 Å². The highest BCUT2D eigenvalue weighted by Crippen LogP contribution is 2.32. The van der Waals surface area contributed by atoms with Gasteiger partial charge in [-0.15, -0.1) is 0 Å². The lowest BCUT2D eigenvalue weighted by Crippen LogP contribution is -2.24. The van der Waals surface area contributed by atoms with Gasteiger partial charge in [0.1, 0.15) is 5.75 Å². The molecule has 1 aromatic carbocycles. The fourth-order valence-electron chi connectivity index (χ4n) is 2.79. The molecule has 23 heavy (non-hydrogen) atoms. The van der Waals surface area contributed by atoms with Gasteiger partial charge in [-0.3, -0.25) is 4.79 Å². The van der Waals surface area contributed by atoms with E-state index < -0.39 is 0 Å². The maximum atomic E-state index is 12.3. The monoisotopic (exact) mass is 335 g/mol. The third kappa shape index (κ3) is 3.64. The Morgan fingerprint density at radius 3 is 2.96 bits per heavy atom. The molecule has 1 aliphatic carbocycles. The van der Waals surface area contributed by atoms with Crippen molar-refractivity contribution in [2.24, 2.45) is 0 Å². The Bertz CT molecular complexity index is 696. The maximum absolute atomic E-state index is 12.3. The van der Waals surface area contributed by atoms with Gasteiger partial charge in [-0.05, 0) is 31.0 Å². The molecule has 3 rings (SSSR count). The van der Waals surface area contributed by atoms with Crippen LogP contribution < -0.4 is 10.1 Å². The van der Waals surface area contributed by atoms with Crippen molar-refractivity contribution in [1.82, 2.24) is 15.5 Å². The molecular formula is C16H18ClN3O3. The van der Waals surface area contributed by atoms with Gasteiger partial charge >= 0.3 is 0 Å². The number of carbonyl (C=O) groups excluding carboxylic acids is 1. The SMILES string of the molecule is COc1cc(Cl)ccc1C(=O)NCc1noc(C2CCCC2)n1. The highest BCUT2D eigenvalue weighted by atomic mass is 35.5. The van der Waals surface area contributed by atoms with Crippen LogP contribution in [0.2, 0.25) is 5.02 Å². The Hall–Kier alpha value is -2.08. The first kappa shape index (κ1) is 15.8. The Morgan fingerprint density at radius 1 is 1.43 bits per heavy atom. The van der Waals surface area contributed by atoms with Gasteiger partial charge in [-0.1, -0.05) is 29.6 Å². The minimum Gasteiger partial charge on any atom is -0.496 e. The molecule has 6 nitrogen and oxygen atoms in total. The zero-order valence-electron chi connectivity index (χ0n) is 12.8. The molecule has 0 spiro atoms. The number of rotatable bonds is 5. The number of aromatic nitrogens is 2. The summed E-state index contributed by atoms with van der Waals surface area (Å²) in [7, 11) is 1.50. The summed E-state index contributed by atoms with van der Waals surface area (Å²) in [4.78, 5) is 16.6. The molecule has 7 heteroatoms. The van der Waals surface area contributed by atoms with Gasteiger partial charge in [-0.2, -0.15) is 4.98 Å². The lowest BCUT2D eigenvalue weighted by Gasteiger charge is -2.08. The van der Waals surface area contributed by atoms with Crippen molar-refractivity contribution in [2.75, 3.05) is 7.11 Å². The molecule has 1 aromatic heterocycles. The average molecular weight is 336 g/mol. The number of hydrogen-bond acceptors (Lipinski definition) is 5. The number of hydrogen-bond donors (Lipinski definition) is 1. The topological polar surface area (TPSA) is 77.2 Å². The minimum atomic E-state index is -0.272. The number of carbonyl (C=O) groups is 1. The van der Waals surface area contributed by atoms with E-state index in [-0.39, 0.29) is 12.5 Å². The van der Waals surface area contributed by atoms with E-state index in [0.29, 0.717) is 34.0 Å². The second kappa shape index (κ2) is 7.00. The molecule has 1 aliphatic rings. The van der Waals surface area contributed by atoms with E-state index in [1.54, 1.807) is 18.2 Å². The molecule has 1 amide bonds. The molecule has 0 saturated heterocycles. The summed E-state index contributed by atoms with van der Waals surface area (Å²) in [6.45, 7) is 0.209. The standard InChI is InChI=1S/C16H18ClN3O3/c1-22-13-8-11(17)6-7-12(13)15(21)18-9-14-19-16(23-20-14)10-4-2-3-5-10/h6-8,10H,2-5,9H2,1H3,(H,18,21). The number of ether oxygens (including phenoxy) is 1. The second-order valence-corrected chi connectivity index (χ2v) is 5.99. The minimum absolute atomic E-state index is 0.209. The summed E-state index contributed by atoms with van der Waals surface area (Å²) in [5.74, 6) is 1.67. The van der Waals surface area contributed by atoms with E-state index in [1.165, 1.54) is 20.0 Å². The third-order valence-electron chi connectivity index (χ3n) is 4.00. The van der Waals surface area contributed by atoms with E-state index in [4.69, 9.17) is 20.9 Å². The van der Waals surface area contributed by atoms with Gasteiger partial charge in [0.25, 0.3) is 5.91 Å². The van der Waals surface area contributed by atoms with Crippen LogP contribution >= 0.6 is 11.6 Å². The number of methoxy groups -OCH3 is 1. The average Bonchev–Trinajstić information content (AvgIpc) is 3.23. The van der Waals surface area contributed by atoms with Crippen molar-refractivity contribution in [3.8, 4) is 5.75 Å². The van der Waals surface area contributed by atoms with E-state index in [9.17, 15) is 4.79 Å². The number of nitrogens with zero attached hydrogens (tertiary/aromatic N) is 2. The Balaban J connectivity index is 1.63. The number of halogens is 1. The molecule has 1 heterocycles. The quantitative estimate of drug-likeness (QED) is 0.907. The zero-order valence-corrected chi connectivity index (χ0v) is 13.6. The van der Waals surface area contributed by atoms with Crippen LogP contribution in [0.5, 0.6) is 5.75 Å². The summed E-state index contributed by atoms with van der Waals surface area (Å²) in [6.07, 6.45) is 4.59. The predicted octanol–water partition coefficient (Wildman–Crippen LogP) is 3.32. The molecule has 0 bridgehead atoms.